The average Bonchev–Trinajstić information content (AvgIpc) is 2.51. The average molecular weight is 310 g/mol. The quantitative estimate of drug-likeness (QED) is 0.857. The Labute approximate surface area is 134 Å². The maximum atomic E-state index is 11.6. The molecule has 0 aliphatic carbocycles. The van der Waals surface area contributed by atoms with Crippen LogP contribution in [-0.4, -0.2) is 22.0 Å². The normalized spacial score (nSPS) is 10.7. The van der Waals surface area contributed by atoms with Crippen molar-refractivity contribution < 1.29 is 14.7 Å². The first-order chi connectivity index (χ1) is 11.0. The Bertz CT molecular complexity index is 739. The zero-order valence-corrected chi connectivity index (χ0v) is 12.8. The first kappa shape index (κ1) is 16.4. The standard InChI is InChI=1S/C18H18N2O3/c1-13-4-2-6-15(19-13)9-8-14-5-3-7-16(12-14)20-17(21)10-11-18(22)23/h2-9,12H,10-11H2,1H3,(H,20,21)(H,22,23)/b9-8+. The van der Waals surface area contributed by atoms with Crippen molar-refractivity contribution in [3.8, 4) is 0 Å². The molecule has 2 rings (SSSR count). The van der Waals surface area contributed by atoms with Crippen molar-refractivity contribution in [1.29, 1.82) is 0 Å². The lowest BCUT2D eigenvalue weighted by atomic mass is 10.1. The van der Waals surface area contributed by atoms with Crippen LogP contribution in [0.5, 0.6) is 0 Å². The van der Waals surface area contributed by atoms with Gasteiger partial charge in [-0.25, -0.2) is 0 Å². The predicted octanol–water partition coefficient (Wildman–Crippen LogP) is 3.36. The molecule has 5 nitrogen and oxygen atoms in total. The van der Waals surface area contributed by atoms with E-state index in [-0.39, 0.29) is 18.7 Å². The Morgan fingerprint density at radius 1 is 1.13 bits per heavy atom. The predicted molar refractivity (Wildman–Crippen MR) is 89.8 cm³/mol. The van der Waals surface area contributed by atoms with E-state index in [4.69, 9.17) is 5.11 Å². The summed E-state index contributed by atoms with van der Waals surface area (Å²) in [7, 11) is 0. The molecule has 0 fully saturated rings. The summed E-state index contributed by atoms with van der Waals surface area (Å²) in [6.45, 7) is 1.94. The van der Waals surface area contributed by atoms with Crippen LogP contribution in [0.1, 0.15) is 29.8 Å². The monoisotopic (exact) mass is 310 g/mol. The van der Waals surface area contributed by atoms with Crippen LogP contribution < -0.4 is 5.32 Å². The van der Waals surface area contributed by atoms with Crippen molar-refractivity contribution in [2.45, 2.75) is 19.8 Å². The van der Waals surface area contributed by atoms with Gasteiger partial charge in [-0.2, -0.15) is 0 Å². The third-order valence-electron chi connectivity index (χ3n) is 3.09. The third-order valence-corrected chi connectivity index (χ3v) is 3.09. The number of amides is 1. The Balaban J connectivity index is 2.02. The molecular formula is C18H18N2O3. The molecule has 0 aliphatic rings. The molecule has 1 aromatic heterocycles. The van der Waals surface area contributed by atoms with Crippen LogP contribution in [-0.2, 0) is 9.59 Å². The number of benzene rings is 1. The van der Waals surface area contributed by atoms with Crippen LogP contribution >= 0.6 is 0 Å². The van der Waals surface area contributed by atoms with Gasteiger partial charge in [-0.05, 0) is 42.8 Å². The van der Waals surface area contributed by atoms with Crippen molar-refractivity contribution in [2.24, 2.45) is 0 Å². The third kappa shape index (κ3) is 5.74. The van der Waals surface area contributed by atoms with E-state index in [2.05, 4.69) is 10.3 Å². The maximum Gasteiger partial charge on any atom is 0.303 e. The number of nitrogens with one attached hydrogen (secondary N) is 1. The maximum absolute atomic E-state index is 11.6. The Hall–Kier alpha value is -2.95. The molecule has 0 saturated heterocycles. The number of nitrogens with zero attached hydrogens (tertiary/aromatic N) is 1. The number of rotatable bonds is 6. The summed E-state index contributed by atoms with van der Waals surface area (Å²) in [4.78, 5) is 26.5. The summed E-state index contributed by atoms with van der Waals surface area (Å²) in [5.74, 6) is -1.30. The van der Waals surface area contributed by atoms with Crippen LogP contribution in [0.15, 0.2) is 42.5 Å². The number of carboxylic acids is 1. The zero-order valence-electron chi connectivity index (χ0n) is 12.8. The van der Waals surface area contributed by atoms with Gasteiger partial charge < -0.3 is 10.4 Å². The Kier molecular flexibility index (Phi) is 5.63. The van der Waals surface area contributed by atoms with E-state index in [0.717, 1.165) is 17.0 Å². The first-order valence-corrected chi connectivity index (χ1v) is 7.26. The number of hydrogen-bond acceptors (Lipinski definition) is 3. The topological polar surface area (TPSA) is 79.3 Å². The summed E-state index contributed by atoms with van der Waals surface area (Å²) in [5.41, 5.74) is 3.37. The molecule has 0 saturated carbocycles. The number of carboxylic acid groups (broad SMARTS) is 1. The van der Waals surface area contributed by atoms with Crippen molar-refractivity contribution in [2.75, 3.05) is 5.32 Å². The molecule has 0 radical (unpaired) electrons. The molecule has 0 atom stereocenters. The molecule has 1 aromatic carbocycles. The van der Waals surface area contributed by atoms with Crippen LogP contribution in [0.3, 0.4) is 0 Å². The van der Waals surface area contributed by atoms with Gasteiger partial charge in [-0.15, -0.1) is 0 Å². The van der Waals surface area contributed by atoms with Crippen molar-refractivity contribution in [3.63, 3.8) is 0 Å². The molecule has 0 bridgehead atoms. The highest BCUT2D eigenvalue weighted by Gasteiger charge is 2.05. The minimum atomic E-state index is -0.984. The summed E-state index contributed by atoms with van der Waals surface area (Å²) in [5, 5.41) is 11.3. The van der Waals surface area contributed by atoms with E-state index in [9.17, 15) is 9.59 Å². The van der Waals surface area contributed by atoms with Crippen molar-refractivity contribution in [1.82, 2.24) is 4.98 Å². The highest BCUT2D eigenvalue weighted by atomic mass is 16.4. The minimum absolute atomic E-state index is 0.0391. The van der Waals surface area contributed by atoms with E-state index in [1.54, 1.807) is 6.07 Å². The fourth-order valence-electron chi connectivity index (χ4n) is 2.00. The number of aliphatic carboxylic acids is 1. The lowest BCUT2D eigenvalue weighted by molar-refractivity contribution is -0.138. The molecule has 23 heavy (non-hydrogen) atoms. The molecule has 118 valence electrons. The number of anilines is 1. The smallest absolute Gasteiger partial charge is 0.303 e. The SMILES string of the molecule is Cc1cccc(/C=C/c2cccc(NC(=O)CCC(=O)O)c2)n1. The van der Waals surface area contributed by atoms with Gasteiger partial charge in [0.2, 0.25) is 5.91 Å². The van der Waals surface area contributed by atoms with E-state index in [1.165, 1.54) is 0 Å². The molecule has 0 spiro atoms. The van der Waals surface area contributed by atoms with Gasteiger partial charge in [0.25, 0.3) is 0 Å². The van der Waals surface area contributed by atoms with Gasteiger partial charge in [-0.3, -0.25) is 14.6 Å². The number of aryl methyl sites for hydroxylation is 1. The second kappa shape index (κ2) is 7.89. The Morgan fingerprint density at radius 3 is 2.65 bits per heavy atom. The molecule has 2 N–H and O–H groups in total. The molecule has 2 aromatic rings. The molecule has 0 unspecified atom stereocenters. The molecule has 1 amide bonds. The van der Waals surface area contributed by atoms with E-state index in [1.807, 2.05) is 55.5 Å². The van der Waals surface area contributed by atoms with Crippen LogP contribution in [0.2, 0.25) is 0 Å². The van der Waals surface area contributed by atoms with Crippen LogP contribution in [0.4, 0.5) is 5.69 Å². The van der Waals surface area contributed by atoms with Crippen molar-refractivity contribution >= 4 is 29.7 Å². The zero-order chi connectivity index (χ0) is 16.7. The highest BCUT2D eigenvalue weighted by molar-refractivity contribution is 5.92. The fourth-order valence-corrected chi connectivity index (χ4v) is 2.00. The van der Waals surface area contributed by atoms with E-state index < -0.39 is 5.97 Å². The second-order valence-corrected chi connectivity index (χ2v) is 5.10. The van der Waals surface area contributed by atoms with E-state index in [0.29, 0.717) is 5.69 Å². The van der Waals surface area contributed by atoms with Gasteiger partial charge in [0.05, 0.1) is 12.1 Å². The minimum Gasteiger partial charge on any atom is -0.481 e. The number of carbonyl (C=O) groups is 2. The largest absolute Gasteiger partial charge is 0.481 e. The fraction of sp³-hybridized carbons (Fsp3) is 0.167. The van der Waals surface area contributed by atoms with E-state index >= 15 is 0 Å². The number of hydrogen-bond donors (Lipinski definition) is 2. The van der Waals surface area contributed by atoms with Gasteiger partial charge in [0, 0.05) is 17.8 Å². The molecular weight excluding hydrogens is 292 g/mol. The number of pyridine rings is 1. The van der Waals surface area contributed by atoms with Gasteiger partial charge in [-0.1, -0.05) is 24.3 Å². The van der Waals surface area contributed by atoms with Gasteiger partial charge in [0.1, 0.15) is 0 Å². The first-order valence-electron chi connectivity index (χ1n) is 7.26. The van der Waals surface area contributed by atoms with Gasteiger partial charge >= 0.3 is 5.97 Å². The summed E-state index contributed by atoms with van der Waals surface area (Å²) >= 11 is 0. The molecule has 1 heterocycles. The lowest BCUT2D eigenvalue weighted by Crippen LogP contribution is -2.13. The number of carbonyl (C=O) groups excluding carboxylic acids is 1. The van der Waals surface area contributed by atoms with Crippen molar-refractivity contribution in [3.05, 3.63) is 59.4 Å². The highest BCUT2D eigenvalue weighted by Crippen LogP contribution is 2.14. The van der Waals surface area contributed by atoms with Crippen LogP contribution in [0.25, 0.3) is 12.2 Å². The van der Waals surface area contributed by atoms with Gasteiger partial charge in [0.15, 0.2) is 0 Å². The molecule has 5 heteroatoms. The summed E-state index contributed by atoms with van der Waals surface area (Å²) in [6, 6.07) is 13.1. The summed E-state index contributed by atoms with van der Waals surface area (Å²) in [6.07, 6.45) is 3.60. The number of aromatic nitrogens is 1. The molecule has 0 aliphatic heterocycles. The lowest BCUT2D eigenvalue weighted by Gasteiger charge is -2.05. The second-order valence-electron chi connectivity index (χ2n) is 5.10. The Morgan fingerprint density at radius 2 is 1.91 bits per heavy atom. The summed E-state index contributed by atoms with van der Waals surface area (Å²) < 4.78 is 0. The van der Waals surface area contributed by atoms with Crippen LogP contribution in [0, 0.1) is 6.92 Å².